The average Bonchev–Trinajstić information content (AvgIpc) is 3.31. The molecule has 1 aromatic carbocycles. The summed E-state index contributed by atoms with van der Waals surface area (Å²) in [7, 11) is 3.56. The summed E-state index contributed by atoms with van der Waals surface area (Å²) in [6, 6.07) is 5.81. The maximum Gasteiger partial charge on any atom is 0.246 e. The third kappa shape index (κ3) is 3.40. The van der Waals surface area contributed by atoms with Gasteiger partial charge in [-0.1, -0.05) is 12.1 Å². The van der Waals surface area contributed by atoms with Crippen LogP contribution < -0.4 is 19.7 Å². The minimum absolute atomic E-state index is 0.0227. The second-order valence-corrected chi connectivity index (χ2v) is 6.39. The molecule has 9 heteroatoms. The molecule has 4 rings (SSSR count). The van der Waals surface area contributed by atoms with E-state index in [0.29, 0.717) is 25.6 Å². The predicted octanol–water partition coefficient (Wildman–Crippen LogP) is 0.573. The molecular weight excluding hydrogens is 348 g/mol. The summed E-state index contributed by atoms with van der Waals surface area (Å²) in [5, 5.41) is 7.46. The first-order chi connectivity index (χ1) is 13.2. The van der Waals surface area contributed by atoms with E-state index in [0.717, 1.165) is 22.7 Å². The number of aryl methyl sites for hydroxylation is 1. The number of para-hydroxylation sites is 1. The molecule has 2 aromatic rings. The Labute approximate surface area is 157 Å². The summed E-state index contributed by atoms with van der Waals surface area (Å²) >= 11 is 0. The molecular formula is C18H22N6O3. The number of hydrogen-bond donors (Lipinski definition) is 1. The molecule has 0 aliphatic carbocycles. The third-order valence-corrected chi connectivity index (χ3v) is 4.65. The minimum atomic E-state index is 0.0227. The number of aliphatic imine (C=N–C) groups is 1. The maximum atomic E-state index is 12.6. The fraction of sp³-hybridized carbons (Fsp3) is 0.389. The first-order valence-corrected chi connectivity index (χ1v) is 8.78. The van der Waals surface area contributed by atoms with E-state index in [1.54, 1.807) is 22.8 Å². The third-order valence-electron chi connectivity index (χ3n) is 4.65. The highest BCUT2D eigenvalue weighted by atomic mass is 16.7. The van der Waals surface area contributed by atoms with E-state index >= 15 is 0 Å². The Hall–Kier alpha value is -3.23. The zero-order chi connectivity index (χ0) is 18.8. The monoisotopic (exact) mass is 370 g/mol. The van der Waals surface area contributed by atoms with Crippen LogP contribution in [0.4, 0.5) is 5.69 Å². The van der Waals surface area contributed by atoms with E-state index in [-0.39, 0.29) is 19.2 Å². The topological polar surface area (TPSA) is 84.2 Å². The van der Waals surface area contributed by atoms with Crippen LogP contribution >= 0.6 is 0 Å². The highest BCUT2D eigenvalue weighted by molar-refractivity contribution is 5.98. The van der Waals surface area contributed by atoms with Gasteiger partial charge in [-0.05, 0) is 6.07 Å². The first-order valence-electron chi connectivity index (χ1n) is 8.78. The summed E-state index contributed by atoms with van der Waals surface area (Å²) in [6.07, 6.45) is 3.55. The van der Waals surface area contributed by atoms with Gasteiger partial charge in [-0.25, -0.2) is 0 Å². The van der Waals surface area contributed by atoms with E-state index < -0.39 is 0 Å². The van der Waals surface area contributed by atoms with Gasteiger partial charge < -0.3 is 24.6 Å². The number of fused-ring (bicyclic) bond motifs is 1. The number of anilines is 1. The molecule has 3 heterocycles. The van der Waals surface area contributed by atoms with Crippen molar-refractivity contribution < 1.29 is 14.3 Å². The SMILES string of the molecule is CN=C(NCc1cccc2c1OCO2)N1CCN(c2cnn(C)c2)C(=O)C1. The Kier molecular flexibility index (Phi) is 4.57. The standard InChI is InChI=1S/C18H22N6O3/c1-19-18(20-8-13-4-3-5-15-17(13)27-12-26-15)23-6-7-24(16(25)11-23)14-9-21-22(2)10-14/h3-5,9-10H,6-8,11-12H2,1-2H3,(H,19,20). The molecule has 0 unspecified atom stereocenters. The lowest BCUT2D eigenvalue weighted by molar-refractivity contribution is -0.120. The number of carbonyl (C=O) groups is 1. The van der Waals surface area contributed by atoms with Crippen LogP contribution in [0, 0.1) is 0 Å². The number of benzene rings is 1. The molecule has 0 saturated carbocycles. The zero-order valence-corrected chi connectivity index (χ0v) is 15.4. The van der Waals surface area contributed by atoms with Gasteiger partial charge in [0.15, 0.2) is 17.5 Å². The maximum absolute atomic E-state index is 12.6. The zero-order valence-electron chi connectivity index (χ0n) is 15.4. The van der Waals surface area contributed by atoms with Crippen LogP contribution in [0.2, 0.25) is 0 Å². The van der Waals surface area contributed by atoms with E-state index in [4.69, 9.17) is 9.47 Å². The molecule has 1 fully saturated rings. The Morgan fingerprint density at radius 3 is 2.96 bits per heavy atom. The molecule has 0 radical (unpaired) electrons. The molecule has 0 spiro atoms. The van der Waals surface area contributed by atoms with Crippen molar-refractivity contribution in [2.45, 2.75) is 6.54 Å². The number of aromatic nitrogens is 2. The van der Waals surface area contributed by atoms with Crippen LogP contribution in [-0.2, 0) is 18.4 Å². The second kappa shape index (κ2) is 7.18. The van der Waals surface area contributed by atoms with Gasteiger partial charge in [-0.15, -0.1) is 0 Å². The van der Waals surface area contributed by atoms with Crippen LogP contribution in [0.1, 0.15) is 5.56 Å². The van der Waals surface area contributed by atoms with Gasteiger partial charge in [0.2, 0.25) is 12.7 Å². The number of guanidine groups is 1. The second-order valence-electron chi connectivity index (χ2n) is 6.39. The summed E-state index contributed by atoms with van der Waals surface area (Å²) in [5.41, 5.74) is 1.81. The van der Waals surface area contributed by atoms with Gasteiger partial charge in [-0.3, -0.25) is 14.5 Å². The predicted molar refractivity (Wildman–Crippen MR) is 99.9 cm³/mol. The Morgan fingerprint density at radius 1 is 1.33 bits per heavy atom. The summed E-state index contributed by atoms with van der Waals surface area (Å²) in [6.45, 7) is 2.32. The molecule has 142 valence electrons. The van der Waals surface area contributed by atoms with Crippen LogP contribution in [-0.4, -0.2) is 60.0 Å². The Bertz CT molecular complexity index is 878. The number of nitrogens with one attached hydrogen (secondary N) is 1. The normalized spacial score (nSPS) is 16.8. The minimum Gasteiger partial charge on any atom is -0.454 e. The smallest absolute Gasteiger partial charge is 0.246 e. The van der Waals surface area contributed by atoms with Crippen LogP contribution in [0.5, 0.6) is 11.5 Å². The Morgan fingerprint density at radius 2 is 2.22 bits per heavy atom. The van der Waals surface area contributed by atoms with Crippen LogP contribution in [0.15, 0.2) is 35.6 Å². The molecule has 27 heavy (non-hydrogen) atoms. The molecule has 1 amide bonds. The van der Waals surface area contributed by atoms with Crippen molar-refractivity contribution in [3.05, 3.63) is 36.2 Å². The van der Waals surface area contributed by atoms with Gasteiger partial charge >= 0.3 is 0 Å². The molecule has 2 aliphatic heterocycles. The summed E-state index contributed by atoms with van der Waals surface area (Å²) in [4.78, 5) is 20.6. The fourth-order valence-corrected chi connectivity index (χ4v) is 3.31. The number of ether oxygens (including phenoxy) is 2. The van der Waals surface area contributed by atoms with Crippen molar-refractivity contribution >= 4 is 17.6 Å². The van der Waals surface area contributed by atoms with Crippen molar-refractivity contribution in [1.82, 2.24) is 20.0 Å². The van der Waals surface area contributed by atoms with E-state index in [2.05, 4.69) is 15.4 Å². The van der Waals surface area contributed by atoms with Gasteiger partial charge in [0.1, 0.15) is 6.54 Å². The lowest BCUT2D eigenvalue weighted by Gasteiger charge is -2.35. The van der Waals surface area contributed by atoms with Gasteiger partial charge in [0, 0.05) is 45.5 Å². The highest BCUT2D eigenvalue weighted by Crippen LogP contribution is 2.35. The van der Waals surface area contributed by atoms with Gasteiger partial charge in [0.25, 0.3) is 0 Å². The molecule has 1 saturated heterocycles. The molecule has 1 N–H and O–H groups in total. The molecule has 0 atom stereocenters. The van der Waals surface area contributed by atoms with E-state index in [9.17, 15) is 4.79 Å². The molecule has 2 aliphatic rings. The van der Waals surface area contributed by atoms with Crippen molar-refractivity contribution in [2.75, 3.05) is 38.4 Å². The summed E-state index contributed by atoms with van der Waals surface area (Å²) in [5.74, 6) is 2.22. The van der Waals surface area contributed by atoms with E-state index in [1.165, 1.54) is 0 Å². The molecule has 0 bridgehead atoms. The lowest BCUT2D eigenvalue weighted by atomic mass is 10.2. The number of nitrogens with zero attached hydrogens (tertiary/aromatic N) is 5. The average molecular weight is 370 g/mol. The van der Waals surface area contributed by atoms with Crippen molar-refractivity contribution in [3.8, 4) is 11.5 Å². The van der Waals surface area contributed by atoms with Crippen molar-refractivity contribution in [3.63, 3.8) is 0 Å². The first kappa shape index (κ1) is 17.2. The summed E-state index contributed by atoms with van der Waals surface area (Å²) < 4.78 is 12.6. The fourth-order valence-electron chi connectivity index (χ4n) is 3.31. The highest BCUT2D eigenvalue weighted by Gasteiger charge is 2.28. The van der Waals surface area contributed by atoms with Crippen molar-refractivity contribution in [1.29, 1.82) is 0 Å². The molecule has 1 aromatic heterocycles. The number of carbonyl (C=O) groups excluding carboxylic acids is 1. The number of hydrogen-bond acceptors (Lipinski definition) is 5. The van der Waals surface area contributed by atoms with Gasteiger partial charge in [0.05, 0.1) is 11.9 Å². The number of rotatable bonds is 3. The van der Waals surface area contributed by atoms with Crippen LogP contribution in [0.3, 0.4) is 0 Å². The Balaban J connectivity index is 1.39. The van der Waals surface area contributed by atoms with Crippen molar-refractivity contribution in [2.24, 2.45) is 12.0 Å². The van der Waals surface area contributed by atoms with Crippen LogP contribution in [0.25, 0.3) is 0 Å². The number of piperazine rings is 1. The van der Waals surface area contributed by atoms with E-state index in [1.807, 2.05) is 36.3 Å². The molecule has 9 nitrogen and oxygen atoms in total. The lowest BCUT2D eigenvalue weighted by Crippen LogP contribution is -2.55. The van der Waals surface area contributed by atoms with Gasteiger partial charge in [-0.2, -0.15) is 5.10 Å². The largest absolute Gasteiger partial charge is 0.454 e. The quantitative estimate of drug-likeness (QED) is 0.628. The number of amides is 1.